The van der Waals surface area contributed by atoms with Crippen LogP contribution < -0.4 is 4.74 Å². The van der Waals surface area contributed by atoms with Crippen molar-refractivity contribution in [2.75, 3.05) is 6.61 Å². The standard InChI is InChI=1S/C22H24F2O2/c1-3-5-15-6-12-19(26-14-15)17-9-7-16(8-10-17)18-11-13-20(25-4-2)22(24)21(18)23/h7-11,13-14,19H,3-6,12H2,1-2H3. The second kappa shape index (κ2) is 8.35. The van der Waals surface area contributed by atoms with Crippen LogP contribution in [0, 0.1) is 11.6 Å². The molecule has 138 valence electrons. The van der Waals surface area contributed by atoms with E-state index in [2.05, 4.69) is 6.92 Å². The van der Waals surface area contributed by atoms with Crippen LogP contribution in [-0.4, -0.2) is 6.61 Å². The van der Waals surface area contributed by atoms with Gasteiger partial charge in [-0.15, -0.1) is 0 Å². The lowest BCUT2D eigenvalue weighted by Crippen LogP contribution is -2.07. The summed E-state index contributed by atoms with van der Waals surface area (Å²) in [6.07, 6.45) is 6.09. The van der Waals surface area contributed by atoms with E-state index in [1.165, 1.54) is 11.6 Å². The van der Waals surface area contributed by atoms with Crippen LogP contribution in [0.5, 0.6) is 5.75 Å². The van der Waals surface area contributed by atoms with Crippen molar-refractivity contribution in [2.45, 2.75) is 45.6 Å². The molecule has 1 heterocycles. The Kier molecular flexibility index (Phi) is 5.92. The quantitative estimate of drug-likeness (QED) is 0.582. The summed E-state index contributed by atoms with van der Waals surface area (Å²) in [6.45, 7) is 4.19. The van der Waals surface area contributed by atoms with Gasteiger partial charge in [0.1, 0.15) is 6.10 Å². The van der Waals surface area contributed by atoms with Crippen molar-refractivity contribution in [3.63, 3.8) is 0 Å². The van der Waals surface area contributed by atoms with Crippen molar-refractivity contribution in [3.8, 4) is 16.9 Å². The fourth-order valence-corrected chi connectivity index (χ4v) is 3.27. The zero-order valence-electron chi connectivity index (χ0n) is 15.2. The normalized spacial score (nSPS) is 16.8. The molecule has 2 nitrogen and oxygen atoms in total. The molecule has 26 heavy (non-hydrogen) atoms. The summed E-state index contributed by atoms with van der Waals surface area (Å²) in [5, 5.41) is 0. The minimum atomic E-state index is -0.947. The average Bonchev–Trinajstić information content (AvgIpc) is 2.67. The van der Waals surface area contributed by atoms with Gasteiger partial charge < -0.3 is 9.47 Å². The smallest absolute Gasteiger partial charge is 0.201 e. The van der Waals surface area contributed by atoms with E-state index in [1.807, 2.05) is 30.5 Å². The maximum atomic E-state index is 14.4. The average molecular weight is 358 g/mol. The van der Waals surface area contributed by atoms with Crippen LogP contribution in [0.3, 0.4) is 0 Å². The van der Waals surface area contributed by atoms with Crippen molar-refractivity contribution >= 4 is 0 Å². The second-order valence-corrected chi connectivity index (χ2v) is 6.48. The lowest BCUT2D eigenvalue weighted by Gasteiger charge is -2.23. The van der Waals surface area contributed by atoms with E-state index in [4.69, 9.17) is 9.47 Å². The summed E-state index contributed by atoms with van der Waals surface area (Å²) in [4.78, 5) is 0. The number of benzene rings is 2. The molecule has 0 aromatic heterocycles. The first-order chi connectivity index (χ1) is 12.6. The highest BCUT2D eigenvalue weighted by atomic mass is 19.2. The van der Waals surface area contributed by atoms with Crippen molar-refractivity contribution in [3.05, 3.63) is 65.4 Å². The minimum absolute atomic E-state index is 0.0200. The Hall–Kier alpha value is -2.36. The Balaban J connectivity index is 1.77. The number of hydrogen-bond donors (Lipinski definition) is 0. The summed E-state index contributed by atoms with van der Waals surface area (Å²) in [6, 6.07) is 10.5. The maximum Gasteiger partial charge on any atom is 0.201 e. The Morgan fingerprint density at radius 2 is 1.81 bits per heavy atom. The van der Waals surface area contributed by atoms with Crippen molar-refractivity contribution < 1.29 is 18.3 Å². The van der Waals surface area contributed by atoms with E-state index in [-0.39, 0.29) is 17.4 Å². The predicted octanol–water partition coefficient (Wildman–Crippen LogP) is 6.57. The van der Waals surface area contributed by atoms with Crippen LogP contribution >= 0.6 is 0 Å². The molecule has 0 saturated carbocycles. The van der Waals surface area contributed by atoms with Crippen molar-refractivity contribution in [1.82, 2.24) is 0 Å². The van der Waals surface area contributed by atoms with Gasteiger partial charge >= 0.3 is 0 Å². The molecule has 0 amide bonds. The van der Waals surface area contributed by atoms with E-state index >= 15 is 0 Å². The molecule has 1 unspecified atom stereocenters. The first-order valence-corrected chi connectivity index (χ1v) is 9.18. The van der Waals surface area contributed by atoms with E-state index in [0.29, 0.717) is 12.2 Å². The van der Waals surface area contributed by atoms with Gasteiger partial charge in [0.05, 0.1) is 12.9 Å². The number of rotatable bonds is 6. The number of allylic oxidation sites excluding steroid dienone is 1. The Labute approximate surface area is 153 Å². The van der Waals surface area contributed by atoms with Crippen LogP contribution in [0.15, 0.2) is 48.2 Å². The molecule has 0 spiro atoms. The highest BCUT2D eigenvalue weighted by Gasteiger charge is 2.19. The molecule has 1 aliphatic rings. The topological polar surface area (TPSA) is 18.5 Å². The predicted molar refractivity (Wildman–Crippen MR) is 99.0 cm³/mol. The molecule has 0 radical (unpaired) electrons. The number of halogens is 2. The molecular formula is C22H24F2O2. The highest BCUT2D eigenvalue weighted by molar-refractivity contribution is 5.65. The Bertz CT molecular complexity index is 781. The molecule has 0 aliphatic carbocycles. The number of hydrogen-bond acceptors (Lipinski definition) is 2. The van der Waals surface area contributed by atoms with Crippen LogP contribution in [0.4, 0.5) is 8.78 Å². The van der Waals surface area contributed by atoms with E-state index in [9.17, 15) is 8.78 Å². The molecule has 0 saturated heterocycles. The third-order valence-electron chi connectivity index (χ3n) is 4.64. The van der Waals surface area contributed by atoms with Crippen LogP contribution in [0.2, 0.25) is 0 Å². The molecular weight excluding hydrogens is 334 g/mol. The Morgan fingerprint density at radius 3 is 2.42 bits per heavy atom. The molecule has 2 aromatic carbocycles. The van der Waals surface area contributed by atoms with E-state index in [0.717, 1.165) is 31.2 Å². The molecule has 1 atom stereocenters. The summed E-state index contributed by atoms with van der Waals surface area (Å²) in [5.74, 6) is -1.89. The first-order valence-electron chi connectivity index (χ1n) is 9.18. The van der Waals surface area contributed by atoms with Gasteiger partial charge in [0.2, 0.25) is 5.82 Å². The highest BCUT2D eigenvalue weighted by Crippen LogP contribution is 2.34. The van der Waals surface area contributed by atoms with Gasteiger partial charge in [-0.1, -0.05) is 37.6 Å². The third kappa shape index (κ3) is 3.90. The van der Waals surface area contributed by atoms with Gasteiger partial charge in [0.25, 0.3) is 0 Å². The van der Waals surface area contributed by atoms with Gasteiger partial charge in [0, 0.05) is 5.56 Å². The zero-order chi connectivity index (χ0) is 18.5. The first kappa shape index (κ1) is 18.4. The SMILES string of the molecule is CCCC1=COC(c2ccc(-c3ccc(OCC)c(F)c3F)cc2)CC1. The molecule has 0 N–H and O–H groups in total. The molecule has 0 bridgehead atoms. The molecule has 0 fully saturated rings. The minimum Gasteiger partial charge on any atom is -0.493 e. The third-order valence-corrected chi connectivity index (χ3v) is 4.64. The lowest BCUT2D eigenvalue weighted by atomic mass is 9.96. The Morgan fingerprint density at radius 1 is 1.04 bits per heavy atom. The summed E-state index contributed by atoms with van der Waals surface area (Å²) < 4.78 is 39.4. The van der Waals surface area contributed by atoms with Gasteiger partial charge in [-0.25, -0.2) is 4.39 Å². The maximum absolute atomic E-state index is 14.4. The van der Waals surface area contributed by atoms with Gasteiger partial charge in [0.15, 0.2) is 11.6 Å². The van der Waals surface area contributed by atoms with Gasteiger partial charge in [-0.3, -0.25) is 0 Å². The molecule has 1 aliphatic heterocycles. The van der Waals surface area contributed by atoms with E-state index in [1.54, 1.807) is 13.0 Å². The fourth-order valence-electron chi connectivity index (χ4n) is 3.27. The zero-order valence-corrected chi connectivity index (χ0v) is 15.2. The summed E-state index contributed by atoms with van der Waals surface area (Å²) in [5.41, 5.74) is 3.26. The number of ether oxygens (including phenoxy) is 2. The molecule has 2 aromatic rings. The lowest BCUT2D eigenvalue weighted by molar-refractivity contribution is 0.119. The fraction of sp³-hybridized carbons (Fsp3) is 0.364. The summed E-state index contributed by atoms with van der Waals surface area (Å²) >= 11 is 0. The molecule has 3 rings (SSSR count). The second-order valence-electron chi connectivity index (χ2n) is 6.48. The van der Waals surface area contributed by atoms with E-state index < -0.39 is 11.6 Å². The largest absolute Gasteiger partial charge is 0.493 e. The molecule has 4 heteroatoms. The van der Waals surface area contributed by atoms with Gasteiger partial charge in [-0.2, -0.15) is 4.39 Å². The van der Waals surface area contributed by atoms with Crippen LogP contribution in [0.25, 0.3) is 11.1 Å². The summed E-state index contributed by atoms with van der Waals surface area (Å²) in [7, 11) is 0. The monoisotopic (exact) mass is 358 g/mol. The van der Waals surface area contributed by atoms with Crippen molar-refractivity contribution in [1.29, 1.82) is 0 Å². The van der Waals surface area contributed by atoms with Gasteiger partial charge in [-0.05, 0) is 55.0 Å². The van der Waals surface area contributed by atoms with Crippen LogP contribution in [0.1, 0.15) is 51.2 Å². The van der Waals surface area contributed by atoms with Crippen LogP contribution in [-0.2, 0) is 4.74 Å². The van der Waals surface area contributed by atoms with Crippen molar-refractivity contribution in [2.24, 2.45) is 0 Å².